The fourth-order valence-corrected chi connectivity index (χ4v) is 1.21. The van der Waals surface area contributed by atoms with Crippen LogP contribution < -0.4 is 5.32 Å². The highest BCUT2D eigenvalue weighted by atomic mass is 16.3. The SMILES string of the molecule is N=C1C(=O)Nc2cccc(O)c21. The summed E-state index contributed by atoms with van der Waals surface area (Å²) in [5, 5.41) is 19.1. The van der Waals surface area contributed by atoms with Crippen molar-refractivity contribution in [3.05, 3.63) is 23.8 Å². The third kappa shape index (κ3) is 0.717. The van der Waals surface area contributed by atoms with E-state index in [0.717, 1.165) is 0 Å². The van der Waals surface area contributed by atoms with Gasteiger partial charge in [-0.25, -0.2) is 0 Å². The number of amides is 1. The Morgan fingerprint density at radius 2 is 2.17 bits per heavy atom. The highest BCUT2D eigenvalue weighted by Crippen LogP contribution is 2.29. The van der Waals surface area contributed by atoms with E-state index >= 15 is 0 Å². The maximum atomic E-state index is 10.9. The molecular formula is C8H6N2O2. The summed E-state index contributed by atoms with van der Waals surface area (Å²) in [7, 11) is 0. The van der Waals surface area contributed by atoms with Gasteiger partial charge in [0.1, 0.15) is 11.5 Å². The van der Waals surface area contributed by atoms with Crippen molar-refractivity contribution in [2.24, 2.45) is 0 Å². The van der Waals surface area contributed by atoms with E-state index in [4.69, 9.17) is 5.41 Å². The minimum absolute atomic E-state index is 0.0316. The van der Waals surface area contributed by atoms with E-state index in [2.05, 4.69) is 5.32 Å². The zero-order chi connectivity index (χ0) is 8.72. The molecule has 0 atom stereocenters. The molecule has 0 aliphatic carbocycles. The van der Waals surface area contributed by atoms with E-state index in [1.54, 1.807) is 12.1 Å². The lowest BCUT2D eigenvalue weighted by molar-refractivity contribution is -0.110. The van der Waals surface area contributed by atoms with Crippen LogP contribution in [0.25, 0.3) is 0 Å². The summed E-state index contributed by atoms with van der Waals surface area (Å²) >= 11 is 0. The second kappa shape index (κ2) is 2.07. The zero-order valence-electron chi connectivity index (χ0n) is 6.09. The molecule has 0 saturated carbocycles. The molecule has 1 aromatic rings. The van der Waals surface area contributed by atoms with E-state index < -0.39 is 5.91 Å². The summed E-state index contributed by atoms with van der Waals surface area (Å²) < 4.78 is 0. The van der Waals surface area contributed by atoms with Crippen LogP contribution >= 0.6 is 0 Å². The highest BCUT2D eigenvalue weighted by Gasteiger charge is 2.26. The molecule has 1 aliphatic rings. The number of phenols is 1. The Kier molecular flexibility index (Phi) is 1.18. The Hall–Kier alpha value is -1.84. The minimum atomic E-state index is -0.466. The van der Waals surface area contributed by atoms with Gasteiger partial charge in [0, 0.05) is 0 Å². The molecule has 1 amide bonds. The van der Waals surface area contributed by atoms with Gasteiger partial charge in [0.2, 0.25) is 0 Å². The van der Waals surface area contributed by atoms with Crippen molar-refractivity contribution in [1.29, 1.82) is 5.41 Å². The van der Waals surface area contributed by atoms with Crippen LogP contribution in [0.5, 0.6) is 5.75 Å². The quantitative estimate of drug-likeness (QED) is 0.525. The van der Waals surface area contributed by atoms with Crippen LogP contribution in [-0.4, -0.2) is 16.7 Å². The van der Waals surface area contributed by atoms with Gasteiger partial charge in [-0.05, 0) is 12.1 Å². The van der Waals surface area contributed by atoms with Crippen molar-refractivity contribution in [2.45, 2.75) is 0 Å². The van der Waals surface area contributed by atoms with E-state index in [1.807, 2.05) is 0 Å². The van der Waals surface area contributed by atoms with Crippen LogP contribution in [0.2, 0.25) is 0 Å². The van der Waals surface area contributed by atoms with Gasteiger partial charge < -0.3 is 10.4 Å². The highest BCUT2D eigenvalue weighted by molar-refractivity contribution is 6.53. The van der Waals surface area contributed by atoms with Crippen molar-refractivity contribution < 1.29 is 9.90 Å². The molecule has 1 aromatic carbocycles. The first kappa shape index (κ1) is 6.84. The van der Waals surface area contributed by atoms with Gasteiger partial charge in [-0.1, -0.05) is 6.07 Å². The Morgan fingerprint density at radius 1 is 1.42 bits per heavy atom. The number of anilines is 1. The minimum Gasteiger partial charge on any atom is -0.507 e. The van der Waals surface area contributed by atoms with E-state index in [-0.39, 0.29) is 11.5 Å². The first-order valence-electron chi connectivity index (χ1n) is 3.42. The van der Waals surface area contributed by atoms with Crippen LogP contribution in [0, 0.1) is 5.41 Å². The van der Waals surface area contributed by atoms with Gasteiger partial charge in [-0.15, -0.1) is 0 Å². The second-order valence-corrected chi connectivity index (χ2v) is 2.53. The normalized spacial score (nSPS) is 14.3. The number of benzene rings is 1. The van der Waals surface area contributed by atoms with Gasteiger partial charge in [0.25, 0.3) is 5.91 Å². The number of aromatic hydroxyl groups is 1. The second-order valence-electron chi connectivity index (χ2n) is 2.53. The molecule has 0 aromatic heterocycles. The third-order valence-corrected chi connectivity index (χ3v) is 1.77. The van der Waals surface area contributed by atoms with Crippen LogP contribution in [0.15, 0.2) is 18.2 Å². The lowest BCUT2D eigenvalue weighted by Gasteiger charge is -1.97. The summed E-state index contributed by atoms with van der Waals surface area (Å²) in [6.07, 6.45) is 0. The molecule has 0 spiro atoms. The molecule has 3 N–H and O–H groups in total. The molecule has 0 unspecified atom stereocenters. The number of nitrogens with one attached hydrogen (secondary N) is 2. The molecule has 4 heteroatoms. The average Bonchev–Trinajstić information content (AvgIpc) is 2.29. The number of carbonyl (C=O) groups is 1. The number of hydrogen-bond acceptors (Lipinski definition) is 3. The molecule has 0 bridgehead atoms. The van der Waals surface area contributed by atoms with Gasteiger partial charge in [-0.2, -0.15) is 0 Å². The zero-order valence-corrected chi connectivity index (χ0v) is 6.09. The van der Waals surface area contributed by atoms with Gasteiger partial charge in [0.05, 0.1) is 11.3 Å². The fraction of sp³-hybridized carbons (Fsp3) is 0. The van der Waals surface area contributed by atoms with E-state index in [1.165, 1.54) is 6.07 Å². The Morgan fingerprint density at radius 3 is 2.83 bits per heavy atom. The van der Waals surface area contributed by atoms with Gasteiger partial charge >= 0.3 is 0 Å². The summed E-state index contributed by atoms with van der Waals surface area (Å²) in [6, 6.07) is 4.72. The number of carbonyl (C=O) groups excluding carboxylic acids is 1. The molecule has 12 heavy (non-hydrogen) atoms. The Balaban J connectivity index is 2.70. The van der Waals surface area contributed by atoms with Crippen LogP contribution in [0.1, 0.15) is 5.56 Å². The van der Waals surface area contributed by atoms with Crippen molar-refractivity contribution >= 4 is 17.3 Å². The van der Waals surface area contributed by atoms with Crippen LogP contribution in [-0.2, 0) is 4.79 Å². The van der Waals surface area contributed by atoms with E-state index in [9.17, 15) is 9.90 Å². The summed E-state index contributed by atoms with van der Waals surface area (Å²) in [6.45, 7) is 0. The Labute approximate surface area is 68.3 Å². The van der Waals surface area contributed by atoms with Crippen molar-refractivity contribution in [3.8, 4) is 5.75 Å². The number of hydrogen-bond donors (Lipinski definition) is 3. The first-order valence-corrected chi connectivity index (χ1v) is 3.42. The van der Waals surface area contributed by atoms with Gasteiger partial charge in [-0.3, -0.25) is 10.2 Å². The molecule has 2 rings (SSSR count). The molecular weight excluding hydrogens is 156 g/mol. The smallest absolute Gasteiger partial charge is 0.274 e. The molecule has 0 fully saturated rings. The topological polar surface area (TPSA) is 73.2 Å². The van der Waals surface area contributed by atoms with Crippen molar-refractivity contribution in [3.63, 3.8) is 0 Å². The maximum Gasteiger partial charge on any atom is 0.274 e. The predicted octanol–water partition coefficient (Wildman–Crippen LogP) is 0.712. The first-order chi connectivity index (χ1) is 5.70. The maximum absolute atomic E-state index is 10.9. The van der Waals surface area contributed by atoms with Crippen LogP contribution in [0.3, 0.4) is 0 Å². The lowest BCUT2D eigenvalue weighted by atomic mass is 10.1. The molecule has 4 nitrogen and oxygen atoms in total. The predicted molar refractivity (Wildman–Crippen MR) is 43.6 cm³/mol. The van der Waals surface area contributed by atoms with E-state index in [0.29, 0.717) is 11.3 Å². The molecule has 0 saturated heterocycles. The number of phenolic OH excluding ortho intramolecular Hbond substituents is 1. The molecule has 60 valence electrons. The van der Waals surface area contributed by atoms with Gasteiger partial charge in [0.15, 0.2) is 0 Å². The fourth-order valence-electron chi connectivity index (χ4n) is 1.21. The van der Waals surface area contributed by atoms with Crippen molar-refractivity contribution in [2.75, 3.05) is 5.32 Å². The number of rotatable bonds is 0. The average molecular weight is 162 g/mol. The standard InChI is InChI=1S/C8H6N2O2/c9-7-6-4(10-8(7)12)2-1-3-5(6)11/h1-3,11H,(H2,9,10,12). The summed E-state index contributed by atoms with van der Waals surface area (Å²) in [4.78, 5) is 10.9. The third-order valence-electron chi connectivity index (χ3n) is 1.77. The van der Waals surface area contributed by atoms with Crippen LogP contribution in [0.4, 0.5) is 5.69 Å². The Bertz CT molecular complexity index is 385. The molecule has 0 radical (unpaired) electrons. The summed E-state index contributed by atoms with van der Waals surface area (Å²) in [5.41, 5.74) is 0.621. The summed E-state index contributed by atoms with van der Waals surface area (Å²) in [5.74, 6) is -0.498. The van der Waals surface area contributed by atoms with Crippen molar-refractivity contribution in [1.82, 2.24) is 0 Å². The monoisotopic (exact) mass is 162 g/mol. The molecule has 1 aliphatic heterocycles. The largest absolute Gasteiger partial charge is 0.507 e. The molecule has 1 heterocycles. The number of fused-ring (bicyclic) bond motifs is 1. The lowest BCUT2D eigenvalue weighted by Crippen LogP contribution is -2.12.